The van der Waals surface area contributed by atoms with Gasteiger partial charge in [-0.2, -0.15) is 13.2 Å². The molecule has 0 aliphatic heterocycles. The molecule has 1 aromatic heterocycles. The molecule has 1 rings (SSSR count). The van der Waals surface area contributed by atoms with Crippen molar-refractivity contribution >= 4 is 5.78 Å². The predicted octanol–water partition coefficient (Wildman–Crippen LogP) is 2.47. The molecular weight excluding hydrogens is 195 g/mol. The maximum atomic E-state index is 12.1. The SMILES string of the molecule is C=CC(=O)c1ccc(C(F)(F)F)cn1. The zero-order chi connectivity index (χ0) is 10.8. The van der Waals surface area contributed by atoms with E-state index in [4.69, 9.17) is 0 Å². The Labute approximate surface area is 78.1 Å². The Kier molecular flexibility index (Phi) is 2.69. The van der Waals surface area contributed by atoms with Crippen LogP contribution in [0.2, 0.25) is 0 Å². The summed E-state index contributed by atoms with van der Waals surface area (Å²) in [5.41, 5.74) is -0.925. The molecule has 5 heteroatoms. The van der Waals surface area contributed by atoms with Gasteiger partial charge in [0.05, 0.1) is 5.56 Å². The average molecular weight is 201 g/mol. The van der Waals surface area contributed by atoms with Crippen molar-refractivity contribution < 1.29 is 18.0 Å². The molecule has 1 heterocycles. The Hall–Kier alpha value is -1.65. The number of aromatic nitrogens is 1. The summed E-state index contributed by atoms with van der Waals surface area (Å²) in [6, 6.07) is 1.83. The van der Waals surface area contributed by atoms with E-state index in [2.05, 4.69) is 11.6 Å². The summed E-state index contributed by atoms with van der Waals surface area (Å²) in [6.45, 7) is 3.20. The molecule has 74 valence electrons. The molecule has 0 radical (unpaired) electrons. The fourth-order valence-corrected chi connectivity index (χ4v) is 0.812. The minimum Gasteiger partial charge on any atom is -0.288 e. The summed E-state index contributed by atoms with van der Waals surface area (Å²) in [5.74, 6) is -0.501. The highest BCUT2D eigenvalue weighted by molar-refractivity contribution is 6.02. The van der Waals surface area contributed by atoms with Crippen molar-refractivity contribution in [1.29, 1.82) is 0 Å². The number of carbonyl (C=O) groups excluding carboxylic acids is 1. The number of hydrogen-bond acceptors (Lipinski definition) is 2. The zero-order valence-corrected chi connectivity index (χ0v) is 7.01. The number of allylic oxidation sites excluding steroid dienone is 1. The van der Waals surface area contributed by atoms with Crippen molar-refractivity contribution in [1.82, 2.24) is 4.98 Å². The third kappa shape index (κ3) is 2.18. The first-order valence-corrected chi connectivity index (χ1v) is 3.65. The summed E-state index contributed by atoms with van der Waals surface area (Å²) < 4.78 is 36.2. The van der Waals surface area contributed by atoms with E-state index in [9.17, 15) is 18.0 Å². The van der Waals surface area contributed by atoms with Gasteiger partial charge >= 0.3 is 6.18 Å². The van der Waals surface area contributed by atoms with Crippen LogP contribution in [0, 0.1) is 0 Å². The first-order chi connectivity index (χ1) is 6.45. The topological polar surface area (TPSA) is 30.0 Å². The van der Waals surface area contributed by atoms with Gasteiger partial charge in [0.15, 0.2) is 0 Å². The third-order valence-corrected chi connectivity index (χ3v) is 1.53. The Morgan fingerprint density at radius 1 is 1.43 bits per heavy atom. The second-order valence-corrected chi connectivity index (χ2v) is 2.50. The second kappa shape index (κ2) is 3.61. The molecule has 0 spiro atoms. The molecule has 0 bridgehead atoms. The van der Waals surface area contributed by atoms with E-state index in [0.29, 0.717) is 6.20 Å². The predicted molar refractivity (Wildman–Crippen MR) is 43.8 cm³/mol. The lowest BCUT2D eigenvalue weighted by molar-refractivity contribution is -0.137. The van der Waals surface area contributed by atoms with E-state index in [0.717, 1.165) is 18.2 Å². The Balaban J connectivity index is 3.00. The van der Waals surface area contributed by atoms with Crippen LogP contribution in [0.25, 0.3) is 0 Å². The quantitative estimate of drug-likeness (QED) is 0.543. The minimum atomic E-state index is -4.43. The fraction of sp³-hybridized carbons (Fsp3) is 0.111. The Bertz CT molecular complexity index is 353. The van der Waals surface area contributed by atoms with Crippen LogP contribution in [-0.2, 0) is 6.18 Å². The number of hydrogen-bond donors (Lipinski definition) is 0. The number of pyridine rings is 1. The summed E-state index contributed by atoms with van der Waals surface area (Å²) in [7, 11) is 0. The number of halogens is 3. The van der Waals surface area contributed by atoms with Crippen molar-refractivity contribution in [3.8, 4) is 0 Å². The van der Waals surface area contributed by atoms with Crippen molar-refractivity contribution in [2.45, 2.75) is 6.18 Å². The molecule has 0 unspecified atom stereocenters. The van der Waals surface area contributed by atoms with E-state index in [1.807, 2.05) is 0 Å². The average Bonchev–Trinajstić information content (AvgIpc) is 2.15. The number of nitrogens with zero attached hydrogens (tertiary/aromatic N) is 1. The van der Waals surface area contributed by atoms with Crippen molar-refractivity contribution in [3.63, 3.8) is 0 Å². The maximum absolute atomic E-state index is 12.1. The molecule has 0 saturated heterocycles. The van der Waals surface area contributed by atoms with Crippen LogP contribution in [0.15, 0.2) is 31.0 Å². The molecule has 0 N–H and O–H groups in total. The molecule has 0 aliphatic carbocycles. The largest absolute Gasteiger partial charge is 0.417 e. The third-order valence-electron chi connectivity index (χ3n) is 1.53. The van der Waals surface area contributed by atoms with Crippen LogP contribution in [0.4, 0.5) is 13.2 Å². The molecule has 0 aromatic carbocycles. The van der Waals surface area contributed by atoms with Crippen molar-refractivity contribution in [2.24, 2.45) is 0 Å². The molecule has 1 aromatic rings. The molecular formula is C9H6F3NO. The normalized spacial score (nSPS) is 11.1. The van der Waals surface area contributed by atoms with E-state index < -0.39 is 17.5 Å². The minimum absolute atomic E-state index is 0.0481. The molecule has 0 amide bonds. The zero-order valence-electron chi connectivity index (χ0n) is 7.01. The lowest BCUT2D eigenvalue weighted by Gasteiger charge is -2.05. The van der Waals surface area contributed by atoms with Gasteiger partial charge in [0, 0.05) is 6.20 Å². The van der Waals surface area contributed by atoms with E-state index in [-0.39, 0.29) is 5.69 Å². The molecule has 2 nitrogen and oxygen atoms in total. The summed E-state index contributed by atoms with van der Waals surface area (Å²) in [4.78, 5) is 14.3. The van der Waals surface area contributed by atoms with Crippen LogP contribution < -0.4 is 0 Å². The summed E-state index contributed by atoms with van der Waals surface area (Å²) in [5, 5.41) is 0. The smallest absolute Gasteiger partial charge is 0.288 e. The van der Waals surface area contributed by atoms with Crippen LogP contribution in [0.5, 0.6) is 0 Å². The van der Waals surface area contributed by atoms with E-state index in [1.54, 1.807) is 0 Å². The van der Waals surface area contributed by atoms with E-state index >= 15 is 0 Å². The molecule has 14 heavy (non-hydrogen) atoms. The number of ketones is 1. The van der Waals surface area contributed by atoms with Gasteiger partial charge in [-0.05, 0) is 18.2 Å². The van der Waals surface area contributed by atoms with Gasteiger partial charge in [0.2, 0.25) is 5.78 Å². The van der Waals surface area contributed by atoms with Gasteiger partial charge in [-0.15, -0.1) is 0 Å². The molecule has 0 fully saturated rings. The highest BCUT2D eigenvalue weighted by Crippen LogP contribution is 2.28. The highest BCUT2D eigenvalue weighted by Gasteiger charge is 2.30. The monoisotopic (exact) mass is 201 g/mol. The standard InChI is InChI=1S/C9H6F3NO/c1-2-8(14)7-4-3-6(5-13-7)9(10,11)12/h2-5H,1H2. The van der Waals surface area contributed by atoms with Gasteiger partial charge in [0.25, 0.3) is 0 Å². The first kappa shape index (κ1) is 10.4. The van der Waals surface area contributed by atoms with Gasteiger partial charge in [0.1, 0.15) is 5.69 Å². The Morgan fingerprint density at radius 2 is 2.07 bits per heavy atom. The Morgan fingerprint density at radius 3 is 2.43 bits per heavy atom. The number of alkyl halides is 3. The maximum Gasteiger partial charge on any atom is 0.417 e. The summed E-state index contributed by atoms with van der Waals surface area (Å²) in [6.07, 6.45) is -2.81. The van der Waals surface area contributed by atoms with Crippen LogP contribution in [0.1, 0.15) is 16.1 Å². The van der Waals surface area contributed by atoms with Crippen LogP contribution >= 0.6 is 0 Å². The van der Waals surface area contributed by atoms with Crippen molar-refractivity contribution in [2.75, 3.05) is 0 Å². The van der Waals surface area contributed by atoms with Crippen LogP contribution in [-0.4, -0.2) is 10.8 Å². The van der Waals surface area contributed by atoms with Gasteiger partial charge in [-0.25, -0.2) is 0 Å². The lowest BCUT2D eigenvalue weighted by Crippen LogP contribution is -2.07. The fourth-order valence-electron chi connectivity index (χ4n) is 0.812. The van der Waals surface area contributed by atoms with Gasteiger partial charge < -0.3 is 0 Å². The number of rotatable bonds is 2. The van der Waals surface area contributed by atoms with Crippen LogP contribution in [0.3, 0.4) is 0 Å². The van der Waals surface area contributed by atoms with Gasteiger partial charge in [-0.3, -0.25) is 9.78 Å². The molecule has 0 saturated carbocycles. The summed E-state index contributed by atoms with van der Waals surface area (Å²) >= 11 is 0. The van der Waals surface area contributed by atoms with Crippen molar-refractivity contribution in [3.05, 3.63) is 42.2 Å². The van der Waals surface area contributed by atoms with E-state index in [1.165, 1.54) is 0 Å². The first-order valence-electron chi connectivity index (χ1n) is 3.65. The van der Waals surface area contributed by atoms with Gasteiger partial charge in [-0.1, -0.05) is 6.58 Å². The highest BCUT2D eigenvalue weighted by atomic mass is 19.4. The molecule has 0 aliphatic rings. The second-order valence-electron chi connectivity index (χ2n) is 2.50. The number of carbonyl (C=O) groups is 1. The lowest BCUT2D eigenvalue weighted by atomic mass is 10.2. The molecule has 0 atom stereocenters.